The average molecular weight is 214 g/mol. The number of nitrogens with one attached hydrogen (secondary N) is 1. The van der Waals surface area contributed by atoms with Gasteiger partial charge in [0.15, 0.2) is 0 Å². The highest BCUT2D eigenvalue weighted by atomic mass is 35.5. The third kappa shape index (κ3) is 2.47. The Balaban J connectivity index is 0.000000980. The third-order valence-electron chi connectivity index (χ3n) is 2.37. The number of halogens is 1. The maximum absolute atomic E-state index is 5.36. The topological polar surface area (TPSA) is 21.3 Å². The molecular weight excluding hydrogens is 198 g/mol. The summed E-state index contributed by atoms with van der Waals surface area (Å²) in [5.41, 5.74) is 4.14. The Hall–Kier alpha value is -0.570. The minimum atomic E-state index is 0. The van der Waals surface area contributed by atoms with Crippen molar-refractivity contribution in [3.8, 4) is 0 Å². The van der Waals surface area contributed by atoms with Crippen LogP contribution in [0.25, 0.3) is 0 Å². The van der Waals surface area contributed by atoms with Crippen LogP contribution in [0.2, 0.25) is 0 Å². The first kappa shape index (κ1) is 11.5. The zero-order chi connectivity index (χ0) is 9.10. The molecule has 1 N–H and O–H groups in total. The van der Waals surface area contributed by atoms with Gasteiger partial charge in [0.2, 0.25) is 0 Å². The minimum Gasteiger partial charge on any atom is -0.377 e. The van der Waals surface area contributed by atoms with E-state index in [9.17, 15) is 0 Å². The molecule has 2 nitrogen and oxygen atoms in total. The largest absolute Gasteiger partial charge is 0.377 e. The number of hydrogen-bond acceptors (Lipinski definition) is 2. The first-order chi connectivity index (χ1) is 6.40. The molecule has 1 aliphatic heterocycles. The van der Waals surface area contributed by atoms with Crippen molar-refractivity contribution in [2.24, 2.45) is 0 Å². The van der Waals surface area contributed by atoms with Crippen LogP contribution in [0.4, 0.5) is 0 Å². The van der Waals surface area contributed by atoms with E-state index >= 15 is 0 Å². The fourth-order valence-electron chi connectivity index (χ4n) is 1.66. The van der Waals surface area contributed by atoms with Gasteiger partial charge >= 0.3 is 0 Å². The van der Waals surface area contributed by atoms with Crippen LogP contribution in [0.1, 0.15) is 23.6 Å². The lowest BCUT2D eigenvalue weighted by atomic mass is 10.1. The minimum absolute atomic E-state index is 0. The van der Waals surface area contributed by atoms with Gasteiger partial charge in [-0.2, -0.15) is 0 Å². The molecular formula is C11H16ClNO. The second-order valence-corrected chi connectivity index (χ2v) is 3.34. The van der Waals surface area contributed by atoms with Crippen LogP contribution < -0.4 is 5.32 Å². The Labute approximate surface area is 91.1 Å². The van der Waals surface area contributed by atoms with Gasteiger partial charge in [0.1, 0.15) is 0 Å². The third-order valence-corrected chi connectivity index (χ3v) is 2.37. The Morgan fingerprint density at radius 1 is 1.29 bits per heavy atom. The molecule has 0 saturated heterocycles. The molecule has 0 spiro atoms. The molecule has 0 fully saturated rings. The maximum atomic E-state index is 5.36. The summed E-state index contributed by atoms with van der Waals surface area (Å²) in [6.07, 6.45) is 0. The Morgan fingerprint density at radius 3 is 2.86 bits per heavy atom. The zero-order valence-corrected chi connectivity index (χ0v) is 9.19. The lowest BCUT2D eigenvalue weighted by Gasteiger charge is -2.03. The van der Waals surface area contributed by atoms with Gasteiger partial charge < -0.3 is 10.1 Å². The van der Waals surface area contributed by atoms with Gasteiger partial charge in [0.25, 0.3) is 0 Å². The zero-order valence-electron chi connectivity index (χ0n) is 8.38. The summed E-state index contributed by atoms with van der Waals surface area (Å²) in [6.45, 7) is 5.58. The summed E-state index contributed by atoms with van der Waals surface area (Å²) in [6, 6.07) is 6.59. The molecule has 0 bridgehead atoms. The number of hydrogen-bond donors (Lipinski definition) is 1. The number of fused-ring (bicyclic) bond motifs is 1. The van der Waals surface area contributed by atoms with Crippen molar-refractivity contribution in [3.05, 3.63) is 34.9 Å². The molecule has 1 aromatic carbocycles. The highest BCUT2D eigenvalue weighted by Crippen LogP contribution is 2.17. The molecule has 0 amide bonds. The van der Waals surface area contributed by atoms with E-state index in [1.54, 1.807) is 0 Å². The highest BCUT2D eigenvalue weighted by molar-refractivity contribution is 5.85. The van der Waals surface area contributed by atoms with E-state index in [4.69, 9.17) is 4.74 Å². The van der Waals surface area contributed by atoms with Crippen molar-refractivity contribution < 1.29 is 4.74 Å². The molecule has 0 saturated carbocycles. The standard InChI is InChI=1S/C11H15NO.ClH/c1-2-13-8-9-3-4-10-6-12-7-11(10)5-9;/h3-5,12H,2,6-8H2,1H3;1H. The van der Waals surface area contributed by atoms with E-state index in [-0.39, 0.29) is 12.4 Å². The normalized spacial score (nSPS) is 13.5. The van der Waals surface area contributed by atoms with Crippen molar-refractivity contribution in [2.75, 3.05) is 6.61 Å². The lowest BCUT2D eigenvalue weighted by Crippen LogP contribution is -1.99. The summed E-state index contributed by atoms with van der Waals surface area (Å²) in [4.78, 5) is 0. The molecule has 1 aromatic rings. The van der Waals surface area contributed by atoms with Crippen LogP contribution in [0, 0.1) is 0 Å². The van der Waals surface area contributed by atoms with Gasteiger partial charge in [-0.25, -0.2) is 0 Å². The first-order valence-electron chi connectivity index (χ1n) is 4.79. The van der Waals surface area contributed by atoms with Gasteiger partial charge in [-0.3, -0.25) is 0 Å². The van der Waals surface area contributed by atoms with Gasteiger partial charge in [-0.1, -0.05) is 18.2 Å². The molecule has 0 radical (unpaired) electrons. The quantitative estimate of drug-likeness (QED) is 0.832. The molecule has 3 heteroatoms. The van der Waals surface area contributed by atoms with Gasteiger partial charge in [-0.05, 0) is 23.6 Å². The fourth-order valence-corrected chi connectivity index (χ4v) is 1.66. The number of rotatable bonds is 3. The fraction of sp³-hybridized carbons (Fsp3) is 0.455. The Bertz CT molecular complexity index is 301. The van der Waals surface area contributed by atoms with Crippen molar-refractivity contribution in [1.29, 1.82) is 0 Å². The predicted molar refractivity (Wildman–Crippen MR) is 59.6 cm³/mol. The molecule has 0 atom stereocenters. The van der Waals surface area contributed by atoms with Gasteiger partial charge in [0, 0.05) is 19.7 Å². The summed E-state index contributed by atoms with van der Waals surface area (Å²) >= 11 is 0. The van der Waals surface area contributed by atoms with E-state index in [1.807, 2.05) is 6.92 Å². The molecule has 14 heavy (non-hydrogen) atoms. The number of benzene rings is 1. The SMILES string of the molecule is CCOCc1ccc2c(c1)CNC2.Cl. The van der Waals surface area contributed by atoms with Crippen molar-refractivity contribution in [2.45, 2.75) is 26.6 Å². The second-order valence-electron chi connectivity index (χ2n) is 3.34. The van der Waals surface area contributed by atoms with E-state index in [0.29, 0.717) is 0 Å². The summed E-state index contributed by atoms with van der Waals surface area (Å²) in [5.74, 6) is 0. The molecule has 0 unspecified atom stereocenters. The van der Waals surface area contributed by atoms with E-state index < -0.39 is 0 Å². The van der Waals surface area contributed by atoms with Crippen LogP contribution in [0.15, 0.2) is 18.2 Å². The van der Waals surface area contributed by atoms with E-state index in [0.717, 1.165) is 26.3 Å². The summed E-state index contributed by atoms with van der Waals surface area (Å²) in [7, 11) is 0. The first-order valence-corrected chi connectivity index (χ1v) is 4.79. The Kier molecular flexibility index (Phi) is 4.39. The van der Waals surface area contributed by atoms with Crippen LogP contribution in [-0.2, 0) is 24.4 Å². The van der Waals surface area contributed by atoms with Gasteiger partial charge in [-0.15, -0.1) is 12.4 Å². The van der Waals surface area contributed by atoms with Crippen LogP contribution >= 0.6 is 12.4 Å². The predicted octanol–water partition coefficient (Wildman–Crippen LogP) is 2.25. The summed E-state index contributed by atoms with van der Waals surface area (Å²) < 4.78 is 5.36. The monoisotopic (exact) mass is 213 g/mol. The van der Waals surface area contributed by atoms with Crippen LogP contribution in [0.3, 0.4) is 0 Å². The molecule has 0 aliphatic carbocycles. The maximum Gasteiger partial charge on any atom is 0.0716 e. The lowest BCUT2D eigenvalue weighted by molar-refractivity contribution is 0.134. The highest BCUT2D eigenvalue weighted by Gasteiger charge is 2.09. The molecule has 1 aliphatic rings. The molecule has 2 rings (SSSR count). The molecule has 1 heterocycles. The second kappa shape index (κ2) is 5.35. The van der Waals surface area contributed by atoms with Crippen molar-refractivity contribution in [1.82, 2.24) is 5.32 Å². The molecule has 0 aromatic heterocycles. The van der Waals surface area contributed by atoms with Crippen molar-refractivity contribution >= 4 is 12.4 Å². The van der Waals surface area contributed by atoms with Gasteiger partial charge in [0.05, 0.1) is 6.61 Å². The molecule has 78 valence electrons. The number of ether oxygens (including phenoxy) is 1. The van der Waals surface area contributed by atoms with Crippen LogP contribution in [0.5, 0.6) is 0 Å². The summed E-state index contributed by atoms with van der Waals surface area (Å²) in [5, 5.41) is 3.33. The van der Waals surface area contributed by atoms with E-state index in [2.05, 4.69) is 23.5 Å². The van der Waals surface area contributed by atoms with Crippen molar-refractivity contribution in [3.63, 3.8) is 0 Å². The van der Waals surface area contributed by atoms with Crippen LogP contribution in [-0.4, -0.2) is 6.61 Å². The van der Waals surface area contributed by atoms with E-state index in [1.165, 1.54) is 16.7 Å². The smallest absolute Gasteiger partial charge is 0.0716 e. The average Bonchev–Trinajstić information content (AvgIpc) is 2.61. The Morgan fingerprint density at radius 2 is 2.07 bits per heavy atom.